The van der Waals surface area contributed by atoms with Crippen LogP contribution in [0.15, 0.2) is 170 Å². The van der Waals surface area contributed by atoms with Gasteiger partial charge in [0.1, 0.15) is 32.5 Å². The fraction of sp³-hybridized carbons (Fsp3) is 0.418. The number of nitrogens with one attached hydrogen (secondary N) is 2. The molecule has 8 rings (SSSR count). The van der Waals surface area contributed by atoms with Gasteiger partial charge in [-0.15, -0.1) is 0 Å². The Morgan fingerprint density at radius 3 is 1.16 bits per heavy atom. The van der Waals surface area contributed by atoms with Gasteiger partial charge in [-0.05, 0) is 124 Å². The third-order valence-electron chi connectivity index (χ3n) is 16.8. The van der Waals surface area contributed by atoms with Gasteiger partial charge >= 0.3 is 23.5 Å². The molecule has 528 valence electrons. The second-order valence-electron chi connectivity index (χ2n) is 24.4. The molecule has 20 heteroatoms. The van der Waals surface area contributed by atoms with Gasteiger partial charge in [-0.25, -0.2) is 9.59 Å². The Morgan fingerprint density at radius 2 is 0.747 bits per heavy atom. The van der Waals surface area contributed by atoms with Gasteiger partial charge in [-0.3, -0.25) is 53.1 Å². The van der Waals surface area contributed by atoms with Gasteiger partial charge in [-0.2, -0.15) is 0 Å². The Hall–Kier alpha value is -9.49. The number of carbonyl (C=O) groups excluding carboxylic acids is 10. The summed E-state index contributed by atoms with van der Waals surface area (Å²) >= 11 is 4.97. The third-order valence-corrected chi connectivity index (χ3v) is 17.0. The molecule has 99 heavy (non-hydrogen) atoms. The zero-order valence-corrected chi connectivity index (χ0v) is 58.0. The summed E-state index contributed by atoms with van der Waals surface area (Å²) in [6.45, 7) is 6.95. The van der Waals surface area contributed by atoms with Crippen LogP contribution in [0.2, 0.25) is 0 Å². The molecule has 6 aromatic carbocycles. The van der Waals surface area contributed by atoms with Gasteiger partial charge in [0.05, 0.1) is 22.3 Å². The number of fused-ring (bicyclic) bond motifs is 2. The van der Waals surface area contributed by atoms with Crippen molar-refractivity contribution >= 4 is 70.5 Å². The van der Waals surface area contributed by atoms with Gasteiger partial charge in [-0.1, -0.05) is 198 Å². The van der Waals surface area contributed by atoms with Crippen LogP contribution >= 0.6 is 11.6 Å². The molecular formula is C79H96ClN5O14. The Balaban J connectivity index is 0.000000275. The van der Waals surface area contributed by atoms with Crippen LogP contribution in [0.1, 0.15) is 206 Å². The molecular weight excluding hydrogens is 1280 g/mol. The molecule has 0 spiro atoms. The number of hydrogen-bond donors (Lipinski definition) is 2. The van der Waals surface area contributed by atoms with E-state index in [1.807, 2.05) is 128 Å². The van der Waals surface area contributed by atoms with Crippen molar-refractivity contribution in [2.75, 3.05) is 32.7 Å². The molecule has 19 nitrogen and oxygen atoms in total. The fourth-order valence-electron chi connectivity index (χ4n) is 11.3. The highest BCUT2D eigenvalue weighted by Gasteiger charge is 2.36. The minimum Gasteiger partial charge on any atom is -0.461 e. The predicted octanol–water partition coefficient (Wildman–Crippen LogP) is 15.3. The maximum absolute atomic E-state index is 13.6. The number of unbranched alkanes of at least 4 members (excludes halogenated alkanes) is 9. The molecule has 2 atom stereocenters. The monoisotopic (exact) mass is 1370 g/mol. The van der Waals surface area contributed by atoms with Crippen LogP contribution in [-0.4, -0.2) is 112 Å². The standard InChI is InChI=1S/C39H47N3O7.C32H42N2O5.C8H7ClO2/c1-2-3-23-34(36(44)40-25-14-6-15-27-42-37(45)32-21-11-12-22-33(32)38(42)46)41(39(47)49-29-31-19-9-5-10-20-31)26-16-13-24-35(43)48-28-30-17-7-4-8-18-30;1-2-3-17-26(18-9-5-10-21-29(35)39-24-25-15-7-4-8-16-25)30(36)33-22-13-6-14-23-34-31(37)27-19-11-12-20-28(27)32(34)38;9-8(10)11-6-7-4-2-1-3-5-7/h4-5,7-12,17-22,34H,2-3,6,13-16,23-29H2,1H3,(H,40,44);4,7-8,11-12,15-16,19-20,26H,2-3,5-6,9-10,13-14,17-18,21-24H2,1H3,(H,33,36);1-5H,6H2. The topological polar surface area (TPSA) is 241 Å². The molecule has 0 saturated heterocycles. The lowest BCUT2D eigenvalue weighted by Gasteiger charge is -2.30. The van der Waals surface area contributed by atoms with Crippen molar-refractivity contribution in [2.45, 2.75) is 175 Å². The summed E-state index contributed by atoms with van der Waals surface area (Å²) in [5, 5.41) is 6.07. The van der Waals surface area contributed by atoms with E-state index in [-0.39, 0.29) is 86.1 Å². The number of amides is 7. The van der Waals surface area contributed by atoms with Crippen molar-refractivity contribution in [3.05, 3.63) is 214 Å². The highest BCUT2D eigenvalue weighted by atomic mass is 35.5. The summed E-state index contributed by atoms with van der Waals surface area (Å²) in [5.74, 6) is -1.62. The molecule has 0 radical (unpaired) electrons. The Kier molecular flexibility index (Phi) is 35.8. The average molecular weight is 1380 g/mol. The number of esters is 2. The zero-order chi connectivity index (χ0) is 70.8. The lowest BCUT2D eigenvalue weighted by molar-refractivity contribution is -0.146. The van der Waals surface area contributed by atoms with Crippen LogP contribution in [0.25, 0.3) is 0 Å². The number of hydrogen-bond acceptors (Lipinski definition) is 14. The lowest BCUT2D eigenvalue weighted by Crippen LogP contribution is -2.50. The second kappa shape index (κ2) is 45.2. The van der Waals surface area contributed by atoms with E-state index in [4.69, 9.17) is 25.8 Å². The number of benzene rings is 6. The number of carbonyl (C=O) groups is 10. The van der Waals surface area contributed by atoms with Gasteiger partial charge in [0.25, 0.3) is 23.6 Å². The van der Waals surface area contributed by atoms with Crippen molar-refractivity contribution in [3.63, 3.8) is 0 Å². The first-order valence-electron chi connectivity index (χ1n) is 34.9. The van der Waals surface area contributed by atoms with Gasteiger partial charge in [0, 0.05) is 63.1 Å². The Bertz CT molecular complexity index is 3420. The van der Waals surface area contributed by atoms with E-state index in [0.29, 0.717) is 106 Å². The quantitative estimate of drug-likeness (QED) is 0.0120. The second-order valence-corrected chi connectivity index (χ2v) is 24.7. The van der Waals surface area contributed by atoms with Gasteiger partial charge < -0.3 is 29.6 Å². The van der Waals surface area contributed by atoms with Crippen LogP contribution in [0.4, 0.5) is 9.59 Å². The molecule has 0 aliphatic carbocycles. The Labute approximate surface area is 587 Å². The summed E-state index contributed by atoms with van der Waals surface area (Å²) in [6.07, 6.45) is 13.7. The van der Waals surface area contributed by atoms with Gasteiger partial charge in [0.2, 0.25) is 11.8 Å². The van der Waals surface area contributed by atoms with E-state index >= 15 is 0 Å². The van der Waals surface area contributed by atoms with Crippen LogP contribution < -0.4 is 10.6 Å². The number of nitrogens with zero attached hydrogens (tertiary/aromatic N) is 3. The minimum absolute atomic E-state index is 0.00618. The van der Waals surface area contributed by atoms with Crippen molar-refractivity contribution in [2.24, 2.45) is 5.92 Å². The highest BCUT2D eigenvalue weighted by molar-refractivity contribution is 6.61. The highest BCUT2D eigenvalue weighted by Crippen LogP contribution is 2.25. The van der Waals surface area contributed by atoms with Gasteiger partial charge in [0.15, 0.2) is 0 Å². The maximum Gasteiger partial charge on any atom is 0.410 e. The predicted molar refractivity (Wildman–Crippen MR) is 379 cm³/mol. The summed E-state index contributed by atoms with van der Waals surface area (Å²) in [7, 11) is 0. The molecule has 2 aliphatic heterocycles. The van der Waals surface area contributed by atoms with Crippen LogP contribution in [0, 0.1) is 5.92 Å². The zero-order valence-electron chi connectivity index (χ0n) is 57.3. The molecule has 0 bridgehead atoms. The summed E-state index contributed by atoms with van der Waals surface area (Å²) in [4.78, 5) is 129. The third kappa shape index (κ3) is 28.1. The molecule has 0 saturated carbocycles. The molecule has 2 unspecified atom stereocenters. The van der Waals surface area contributed by atoms with E-state index < -0.39 is 17.6 Å². The molecule has 6 aromatic rings. The fourth-order valence-corrected chi connectivity index (χ4v) is 11.4. The van der Waals surface area contributed by atoms with E-state index in [9.17, 15) is 47.9 Å². The number of halogens is 1. The van der Waals surface area contributed by atoms with E-state index in [2.05, 4.69) is 22.3 Å². The molecule has 7 amide bonds. The normalized spacial score (nSPS) is 12.6. The largest absolute Gasteiger partial charge is 0.461 e. The van der Waals surface area contributed by atoms with Crippen molar-refractivity contribution in [1.29, 1.82) is 0 Å². The lowest BCUT2D eigenvalue weighted by atomic mass is 9.94. The van der Waals surface area contributed by atoms with Crippen molar-refractivity contribution < 1.29 is 66.9 Å². The molecule has 0 fully saturated rings. The molecule has 2 N–H and O–H groups in total. The first kappa shape index (κ1) is 78.5. The van der Waals surface area contributed by atoms with Crippen LogP contribution in [-0.2, 0) is 64.6 Å². The molecule has 2 aliphatic rings. The summed E-state index contributed by atoms with van der Waals surface area (Å²) in [5.41, 5.74) is 4.74. The van der Waals surface area contributed by atoms with E-state index in [1.54, 1.807) is 48.5 Å². The maximum atomic E-state index is 13.6. The SMILES string of the molecule is CCCCC(C(=O)NCCCCCN1C(=O)c2ccccc2C1=O)N(CCCCC(=O)OCc1ccccc1)C(=O)OCc1ccccc1.CCCCC(CCCCCC(=O)OCc1ccccc1)C(=O)NCCCCCN1C(=O)c2ccccc2C1=O.O=C(Cl)OCc1ccccc1. The first-order chi connectivity index (χ1) is 48.2. The number of ether oxygens (including phenoxy) is 4. The summed E-state index contributed by atoms with van der Waals surface area (Å²) < 4.78 is 20.9. The van der Waals surface area contributed by atoms with E-state index in [0.717, 1.165) is 92.9 Å². The molecule has 0 aromatic heterocycles. The van der Waals surface area contributed by atoms with Crippen LogP contribution in [0.5, 0.6) is 0 Å². The first-order valence-corrected chi connectivity index (χ1v) is 35.2. The number of rotatable bonds is 40. The van der Waals surface area contributed by atoms with Crippen molar-refractivity contribution in [1.82, 2.24) is 25.3 Å². The smallest absolute Gasteiger partial charge is 0.410 e. The average Bonchev–Trinajstić information content (AvgIpc) is 1.65. The number of imide groups is 2. The van der Waals surface area contributed by atoms with Crippen molar-refractivity contribution in [3.8, 4) is 0 Å². The summed E-state index contributed by atoms with van der Waals surface area (Å²) in [6, 6.07) is 50.9. The Morgan fingerprint density at radius 1 is 0.394 bits per heavy atom. The van der Waals surface area contributed by atoms with Crippen LogP contribution in [0.3, 0.4) is 0 Å². The minimum atomic E-state index is -0.770. The molecule has 2 heterocycles. The van der Waals surface area contributed by atoms with E-state index in [1.165, 1.54) is 14.7 Å².